The zero-order valence-corrected chi connectivity index (χ0v) is 9.69. The van der Waals surface area contributed by atoms with Crippen molar-refractivity contribution in [3.05, 3.63) is 0 Å². The van der Waals surface area contributed by atoms with Crippen LogP contribution in [0.3, 0.4) is 0 Å². The summed E-state index contributed by atoms with van der Waals surface area (Å²) in [4.78, 5) is 32.2. The van der Waals surface area contributed by atoms with Gasteiger partial charge in [0.1, 0.15) is 6.04 Å². The highest BCUT2D eigenvalue weighted by atomic mass is 16.5. The molecular formula is C9H14B2N2O4. The number of methoxy groups -OCH3 is 1. The van der Waals surface area contributed by atoms with E-state index in [0.29, 0.717) is 25.8 Å². The zero-order valence-electron chi connectivity index (χ0n) is 9.69. The van der Waals surface area contributed by atoms with Crippen LogP contribution in [0.1, 0.15) is 19.3 Å². The summed E-state index contributed by atoms with van der Waals surface area (Å²) in [5.41, 5.74) is 0. The summed E-state index contributed by atoms with van der Waals surface area (Å²) in [6.45, 7) is 0.416. The number of nitrogens with one attached hydrogen (secondary N) is 2. The third-order valence-corrected chi connectivity index (χ3v) is 2.02. The van der Waals surface area contributed by atoms with Crippen LogP contribution in [0.4, 0.5) is 9.59 Å². The van der Waals surface area contributed by atoms with E-state index in [1.807, 2.05) is 0 Å². The number of rotatable bonds is 7. The number of carbonyl (C=O) groups is 3. The summed E-state index contributed by atoms with van der Waals surface area (Å²) in [5.74, 6) is -1.92. The van der Waals surface area contributed by atoms with Crippen LogP contribution in [0.25, 0.3) is 0 Å². The van der Waals surface area contributed by atoms with Gasteiger partial charge in [0.25, 0.3) is 0 Å². The topological polar surface area (TPSA) is 84.5 Å². The van der Waals surface area contributed by atoms with Gasteiger partial charge in [-0.25, -0.2) is 4.79 Å². The lowest BCUT2D eigenvalue weighted by Crippen LogP contribution is -2.41. The molecule has 2 N–H and O–H groups in total. The van der Waals surface area contributed by atoms with Crippen molar-refractivity contribution >= 4 is 33.3 Å². The zero-order chi connectivity index (χ0) is 13.3. The van der Waals surface area contributed by atoms with E-state index in [-0.39, 0.29) is 0 Å². The molecule has 0 rings (SSSR count). The molecular weight excluding hydrogens is 222 g/mol. The lowest BCUT2D eigenvalue weighted by atomic mass is 10.1. The Balaban J connectivity index is 3.87. The van der Waals surface area contributed by atoms with E-state index in [9.17, 15) is 14.4 Å². The fraction of sp³-hybridized carbons (Fsp3) is 0.667. The Kier molecular flexibility index (Phi) is 7.92. The van der Waals surface area contributed by atoms with Crippen molar-refractivity contribution in [3.63, 3.8) is 0 Å². The van der Waals surface area contributed by atoms with E-state index in [0.717, 1.165) is 0 Å². The molecule has 0 bridgehead atoms. The number of hydrogen-bond donors (Lipinski definition) is 2. The van der Waals surface area contributed by atoms with Crippen LogP contribution in [0.2, 0.25) is 0 Å². The molecule has 2 amide bonds. The van der Waals surface area contributed by atoms with Gasteiger partial charge in [-0.15, -0.1) is 0 Å². The maximum atomic E-state index is 11.2. The van der Waals surface area contributed by atoms with Crippen LogP contribution in [-0.2, 0) is 9.53 Å². The van der Waals surface area contributed by atoms with Gasteiger partial charge in [-0.05, 0) is 19.3 Å². The Morgan fingerprint density at radius 2 is 1.82 bits per heavy atom. The minimum Gasteiger partial charge on any atom is -0.467 e. The first-order valence-corrected chi connectivity index (χ1v) is 5.14. The highest BCUT2D eigenvalue weighted by molar-refractivity contribution is 6.57. The molecule has 0 aromatic carbocycles. The lowest BCUT2D eigenvalue weighted by molar-refractivity contribution is -0.143. The molecule has 0 aromatic rings. The third kappa shape index (κ3) is 8.36. The molecule has 17 heavy (non-hydrogen) atoms. The Hall–Kier alpha value is -1.46. The molecule has 6 nitrogen and oxygen atoms in total. The van der Waals surface area contributed by atoms with Crippen molar-refractivity contribution in [2.75, 3.05) is 13.7 Å². The van der Waals surface area contributed by atoms with Gasteiger partial charge < -0.3 is 15.4 Å². The molecule has 0 aliphatic rings. The molecule has 90 valence electrons. The van der Waals surface area contributed by atoms with Gasteiger partial charge >= 0.3 is 5.97 Å². The van der Waals surface area contributed by atoms with Crippen molar-refractivity contribution in [2.45, 2.75) is 25.3 Å². The summed E-state index contributed by atoms with van der Waals surface area (Å²) in [6, 6.07) is -0.758. The SMILES string of the molecule is [B]C(=O)NCCCC[C@H](NC([B])=O)C(=O)OC. The third-order valence-electron chi connectivity index (χ3n) is 2.02. The predicted molar refractivity (Wildman–Crippen MR) is 63.1 cm³/mol. The van der Waals surface area contributed by atoms with Crippen LogP contribution in [0.15, 0.2) is 0 Å². The lowest BCUT2D eigenvalue weighted by Gasteiger charge is -2.15. The molecule has 0 spiro atoms. The van der Waals surface area contributed by atoms with Crippen LogP contribution in [-0.4, -0.2) is 53.0 Å². The van der Waals surface area contributed by atoms with Crippen LogP contribution < -0.4 is 10.6 Å². The van der Waals surface area contributed by atoms with Crippen molar-refractivity contribution in [1.82, 2.24) is 10.6 Å². The molecule has 0 aromatic heterocycles. The quantitative estimate of drug-likeness (QED) is 0.353. The van der Waals surface area contributed by atoms with Crippen molar-refractivity contribution < 1.29 is 19.1 Å². The molecule has 8 heteroatoms. The minimum absolute atomic E-state index is 0.385. The van der Waals surface area contributed by atoms with Gasteiger partial charge in [0.05, 0.1) is 7.11 Å². The number of amides is 2. The summed E-state index contributed by atoms with van der Waals surface area (Å²) >= 11 is 0. The maximum absolute atomic E-state index is 11.2. The fourth-order valence-electron chi connectivity index (χ4n) is 1.25. The molecule has 4 radical (unpaired) electrons. The van der Waals surface area contributed by atoms with Crippen molar-refractivity contribution in [1.29, 1.82) is 0 Å². The van der Waals surface area contributed by atoms with Gasteiger partial charge in [-0.1, -0.05) is 0 Å². The Labute approximate surface area is 103 Å². The normalized spacial score (nSPS) is 11.4. The summed E-state index contributed by atoms with van der Waals surface area (Å²) in [7, 11) is 11.0. The number of ether oxygens (including phenoxy) is 1. The number of esters is 1. The van der Waals surface area contributed by atoms with E-state index in [2.05, 4.69) is 15.4 Å². The Morgan fingerprint density at radius 1 is 1.18 bits per heavy atom. The summed E-state index contributed by atoms with van der Waals surface area (Å²) < 4.78 is 4.51. The van der Waals surface area contributed by atoms with E-state index in [4.69, 9.17) is 15.7 Å². The Morgan fingerprint density at radius 3 is 2.29 bits per heavy atom. The first-order chi connectivity index (χ1) is 7.97. The molecule has 0 fully saturated rings. The summed E-state index contributed by atoms with van der Waals surface area (Å²) in [5, 5.41) is 4.70. The average Bonchev–Trinajstić information content (AvgIpc) is 2.25. The smallest absolute Gasteiger partial charge is 0.328 e. The van der Waals surface area contributed by atoms with Gasteiger partial charge in [0.2, 0.25) is 7.85 Å². The van der Waals surface area contributed by atoms with Gasteiger partial charge in [0, 0.05) is 6.54 Å². The number of unbranched alkanes of at least 4 members (excludes halogenated alkanes) is 1. The summed E-state index contributed by atoms with van der Waals surface area (Å²) in [6.07, 6.45) is 1.63. The molecule has 0 aliphatic heterocycles. The van der Waals surface area contributed by atoms with Gasteiger partial charge in [-0.3, -0.25) is 9.59 Å². The van der Waals surface area contributed by atoms with Crippen molar-refractivity contribution in [2.24, 2.45) is 0 Å². The molecule has 0 saturated heterocycles. The second-order valence-electron chi connectivity index (χ2n) is 3.37. The standard InChI is InChI=1S/C9H14B2N2O4/c1-17-7(14)6(13-9(11)16)4-2-3-5-12-8(10)15/h6H,2-5H2,1H3,(H,12,15)(H,13,16)/t6-/m0/s1. The highest BCUT2D eigenvalue weighted by Gasteiger charge is 2.18. The second-order valence-corrected chi connectivity index (χ2v) is 3.37. The first-order valence-electron chi connectivity index (χ1n) is 5.14. The number of carbonyl (C=O) groups excluding carboxylic acids is 3. The molecule has 0 unspecified atom stereocenters. The van der Waals surface area contributed by atoms with E-state index in [1.54, 1.807) is 0 Å². The van der Waals surface area contributed by atoms with E-state index >= 15 is 0 Å². The van der Waals surface area contributed by atoms with Crippen LogP contribution in [0, 0.1) is 0 Å². The van der Waals surface area contributed by atoms with Crippen molar-refractivity contribution in [3.8, 4) is 0 Å². The largest absolute Gasteiger partial charge is 0.467 e. The van der Waals surface area contributed by atoms with Gasteiger partial charge in [0.15, 0.2) is 19.5 Å². The maximum Gasteiger partial charge on any atom is 0.328 e. The highest BCUT2D eigenvalue weighted by Crippen LogP contribution is 2.02. The van der Waals surface area contributed by atoms with Gasteiger partial charge in [-0.2, -0.15) is 0 Å². The van der Waals surface area contributed by atoms with E-state index < -0.39 is 23.6 Å². The first kappa shape index (κ1) is 15.5. The average molecular weight is 236 g/mol. The number of hydrogen-bond acceptors (Lipinski definition) is 4. The van der Waals surface area contributed by atoms with Crippen LogP contribution >= 0.6 is 0 Å². The molecule has 0 saturated carbocycles. The minimum atomic E-state index is -0.782. The fourth-order valence-corrected chi connectivity index (χ4v) is 1.25. The van der Waals surface area contributed by atoms with E-state index in [1.165, 1.54) is 7.11 Å². The monoisotopic (exact) mass is 236 g/mol. The second kappa shape index (κ2) is 8.66. The molecule has 0 heterocycles. The molecule has 1 atom stereocenters. The van der Waals surface area contributed by atoms with Crippen LogP contribution in [0.5, 0.6) is 0 Å². The Bertz CT molecular complexity index is 286. The molecule has 0 aliphatic carbocycles. The predicted octanol–water partition coefficient (Wildman–Crippen LogP) is -0.546.